The van der Waals surface area contributed by atoms with Crippen LogP contribution >= 0.6 is 11.3 Å². The molecule has 2 amide bonds. The second-order valence-electron chi connectivity index (χ2n) is 5.81. The maximum Gasteiger partial charge on any atom is 0.312 e. The van der Waals surface area contributed by atoms with Gasteiger partial charge in [-0.15, -0.1) is 0 Å². The van der Waals surface area contributed by atoms with Gasteiger partial charge in [0.05, 0.1) is 0 Å². The average Bonchev–Trinajstić information content (AvgIpc) is 3.08. The van der Waals surface area contributed by atoms with Crippen molar-refractivity contribution in [2.24, 2.45) is 5.73 Å². The van der Waals surface area contributed by atoms with Crippen molar-refractivity contribution < 1.29 is 9.53 Å². The molecule has 0 radical (unpaired) electrons. The fourth-order valence-electron chi connectivity index (χ4n) is 2.45. The summed E-state index contributed by atoms with van der Waals surface area (Å²) in [5, 5.41) is 3.42. The molecule has 5 heteroatoms. The first-order valence-electron chi connectivity index (χ1n) is 8.27. The lowest BCUT2D eigenvalue weighted by atomic mass is 10.1. The van der Waals surface area contributed by atoms with E-state index in [0.29, 0.717) is 0 Å². The SMILES string of the molecule is C[C@H](/C=C\c1ccc(Oc2ccc(-c3ccccc3)cc2)s1)NC(N)=O. The van der Waals surface area contributed by atoms with Crippen molar-refractivity contribution in [3.8, 4) is 21.9 Å². The zero-order valence-electron chi connectivity index (χ0n) is 14.4. The van der Waals surface area contributed by atoms with Crippen LogP contribution in [0.15, 0.2) is 72.8 Å². The second kappa shape index (κ2) is 8.36. The lowest BCUT2D eigenvalue weighted by Crippen LogP contribution is -2.35. The second-order valence-corrected chi connectivity index (χ2v) is 6.88. The number of primary amides is 1. The Morgan fingerprint density at radius 3 is 2.42 bits per heavy atom. The predicted molar refractivity (Wildman–Crippen MR) is 107 cm³/mol. The number of thiophene rings is 1. The molecule has 0 aliphatic rings. The topological polar surface area (TPSA) is 64.3 Å². The molecule has 1 heterocycles. The average molecular weight is 364 g/mol. The van der Waals surface area contributed by atoms with E-state index in [1.165, 1.54) is 16.9 Å². The first kappa shape index (κ1) is 17.8. The van der Waals surface area contributed by atoms with Crippen molar-refractivity contribution in [1.29, 1.82) is 0 Å². The van der Waals surface area contributed by atoms with Crippen LogP contribution in [0, 0.1) is 0 Å². The molecule has 1 atom stereocenters. The molecule has 0 aliphatic carbocycles. The minimum atomic E-state index is -0.531. The van der Waals surface area contributed by atoms with Crippen LogP contribution in [0.25, 0.3) is 17.2 Å². The summed E-state index contributed by atoms with van der Waals surface area (Å²) < 4.78 is 5.92. The molecule has 3 aromatic rings. The van der Waals surface area contributed by atoms with E-state index >= 15 is 0 Å². The molecular weight excluding hydrogens is 344 g/mol. The number of nitrogens with two attached hydrogens (primary N) is 1. The van der Waals surface area contributed by atoms with E-state index in [4.69, 9.17) is 10.5 Å². The minimum Gasteiger partial charge on any atom is -0.447 e. The van der Waals surface area contributed by atoms with Crippen LogP contribution in [0.3, 0.4) is 0 Å². The van der Waals surface area contributed by atoms with Gasteiger partial charge in [0.1, 0.15) is 5.75 Å². The normalized spacial score (nSPS) is 12.0. The van der Waals surface area contributed by atoms with E-state index in [1.54, 1.807) is 0 Å². The highest BCUT2D eigenvalue weighted by Gasteiger charge is 2.03. The third kappa shape index (κ3) is 4.97. The maximum atomic E-state index is 10.8. The molecule has 3 N–H and O–H groups in total. The van der Waals surface area contributed by atoms with Gasteiger partial charge in [-0.25, -0.2) is 4.79 Å². The van der Waals surface area contributed by atoms with Gasteiger partial charge in [0.25, 0.3) is 0 Å². The molecular formula is C21H20N2O2S. The monoisotopic (exact) mass is 364 g/mol. The highest BCUT2D eigenvalue weighted by molar-refractivity contribution is 7.14. The zero-order chi connectivity index (χ0) is 18.4. The number of carbonyl (C=O) groups is 1. The zero-order valence-corrected chi connectivity index (χ0v) is 15.2. The Morgan fingerprint density at radius 1 is 1.04 bits per heavy atom. The Hall–Kier alpha value is -3.05. The third-order valence-corrected chi connectivity index (χ3v) is 4.63. The molecule has 0 saturated carbocycles. The minimum absolute atomic E-state index is 0.121. The summed E-state index contributed by atoms with van der Waals surface area (Å²) in [6.07, 6.45) is 3.83. The summed E-state index contributed by atoms with van der Waals surface area (Å²) in [6, 6.07) is 21.5. The molecule has 2 aromatic carbocycles. The summed E-state index contributed by atoms with van der Waals surface area (Å²) >= 11 is 1.54. The molecule has 132 valence electrons. The Kier molecular flexibility index (Phi) is 5.71. The number of rotatable bonds is 6. The van der Waals surface area contributed by atoms with Gasteiger partial charge < -0.3 is 15.8 Å². The first-order valence-corrected chi connectivity index (χ1v) is 9.09. The largest absolute Gasteiger partial charge is 0.447 e. The van der Waals surface area contributed by atoms with Crippen molar-refractivity contribution in [3.05, 3.63) is 77.7 Å². The number of amides is 2. The van der Waals surface area contributed by atoms with Crippen LogP contribution in [0.2, 0.25) is 0 Å². The fraction of sp³-hybridized carbons (Fsp3) is 0.0952. The van der Waals surface area contributed by atoms with E-state index in [9.17, 15) is 4.79 Å². The summed E-state index contributed by atoms with van der Waals surface area (Å²) in [6.45, 7) is 1.86. The van der Waals surface area contributed by atoms with Gasteiger partial charge in [0.15, 0.2) is 5.06 Å². The molecule has 4 nitrogen and oxygen atoms in total. The molecule has 0 unspecified atom stereocenters. The van der Waals surface area contributed by atoms with Crippen molar-refractivity contribution in [2.75, 3.05) is 0 Å². The molecule has 0 fully saturated rings. The molecule has 0 spiro atoms. The molecule has 26 heavy (non-hydrogen) atoms. The number of ether oxygens (including phenoxy) is 1. The third-order valence-electron chi connectivity index (χ3n) is 3.70. The van der Waals surface area contributed by atoms with Crippen LogP contribution in [-0.4, -0.2) is 12.1 Å². The Morgan fingerprint density at radius 2 is 1.73 bits per heavy atom. The van der Waals surface area contributed by atoms with Crippen molar-refractivity contribution >= 4 is 23.4 Å². The summed E-state index contributed by atoms with van der Waals surface area (Å²) in [4.78, 5) is 11.8. The van der Waals surface area contributed by atoms with Gasteiger partial charge in [-0.1, -0.05) is 59.9 Å². The van der Waals surface area contributed by atoms with Crippen LogP contribution in [0.5, 0.6) is 10.8 Å². The standard InChI is InChI=1S/C21H20N2O2S/c1-15(23-21(22)24)7-12-19-13-14-20(26-19)25-18-10-8-17(9-11-18)16-5-3-2-4-6-16/h2-15H,1H3,(H3,22,23,24)/b12-7-/t15-/m1/s1. The quantitative estimate of drug-likeness (QED) is 0.625. The van der Waals surface area contributed by atoms with Gasteiger partial charge in [0, 0.05) is 10.9 Å². The van der Waals surface area contributed by atoms with E-state index in [2.05, 4.69) is 29.6 Å². The predicted octanol–water partition coefficient (Wildman–Crippen LogP) is 5.28. The van der Waals surface area contributed by atoms with Gasteiger partial charge in [-0.2, -0.15) is 0 Å². The smallest absolute Gasteiger partial charge is 0.312 e. The lowest BCUT2D eigenvalue weighted by Gasteiger charge is -2.05. The Bertz CT molecular complexity index is 886. The van der Waals surface area contributed by atoms with Gasteiger partial charge in [-0.05, 0) is 48.4 Å². The fourth-order valence-corrected chi connectivity index (χ4v) is 3.24. The molecule has 0 saturated heterocycles. The Labute approximate surface area is 156 Å². The molecule has 3 rings (SSSR count). The number of hydrogen-bond donors (Lipinski definition) is 2. The van der Waals surface area contributed by atoms with Crippen molar-refractivity contribution in [2.45, 2.75) is 13.0 Å². The number of hydrogen-bond acceptors (Lipinski definition) is 3. The summed E-state index contributed by atoms with van der Waals surface area (Å²) in [7, 11) is 0. The highest BCUT2D eigenvalue weighted by Crippen LogP contribution is 2.31. The first-order chi connectivity index (χ1) is 12.6. The Balaban J connectivity index is 1.62. The lowest BCUT2D eigenvalue weighted by molar-refractivity contribution is 0.247. The van der Waals surface area contributed by atoms with Gasteiger partial charge in [0.2, 0.25) is 0 Å². The van der Waals surface area contributed by atoms with Crippen LogP contribution in [0.1, 0.15) is 11.8 Å². The van der Waals surface area contributed by atoms with Crippen molar-refractivity contribution in [1.82, 2.24) is 5.32 Å². The van der Waals surface area contributed by atoms with E-state index in [0.717, 1.165) is 21.3 Å². The van der Waals surface area contributed by atoms with E-state index in [1.807, 2.05) is 61.5 Å². The van der Waals surface area contributed by atoms with E-state index in [-0.39, 0.29) is 6.04 Å². The number of urea groups is 1. The van der Waals surface area contributed by atoms with Crippen LogP contribution in [0.4, 0.5) is 4.79 Å². The summed E-state index contributed by atoms with van der Waals surface area (Å²) in [5.41, 5.74) is 7.44. The summed E-state index contributed by atoms with van der Waals surface area (Å²) in [5.74, 6) is 0.797. The number of nitrogens with one attached hydrogen (secondary N) is 1. The number of carbonyl (C=O) groups excluding carboxylic acids is 1. The number of benzene rings is 2. The molecule has 0 aliphatic heterocycles. The van der Waals surface area contributed by atoms with Crippen molar-refractivity contribution in [3.63, 3.8) is 0 Å². The van der Waals surface area contributed by atoms with E-state index < -0.39 is 6.03 Å². The maximum absolute atomic E-state index is 10.8. The van der Waals surface area contributed by atoms with Gasteiger partial charge in [-0.3, -0.25) is 0 Å². The molecule has 0 bridgehead atoms. The molecule has 1 aromatic heterocycles. The van der Waals surface area contributed by atoms with Crippen LogP contribution in [-0.2, 0) is 0 Å². The highest BCUT2D eigenvalue weighted by atomic mass is 32.1. The van der Waals surface area contributed by atoms with Gasteiger partial charge >= 0.3 is 6.03 Å². The van der Waals surface area contributed by atoms with Crippen LogP contribution < -0.4 is 15.8 Å².